The molecule has 0 bridgehead atoms. The van der Waals surface area contributed by atoms with Crippen LogP contribution in [0.4, 0.5) is 5.69 Å². The van der Waals surface area contributed by atoms with Crippen LogP contribution in [0.25, 0.3) is 0 Å². The number of amides is 1. The van der Waals surface area contributed by atoms with Crippen molar-refractivity contribution in [1.29, 1.82) is 0 Å². The van der Waals surface area contributed by atoms with E-state index in [1.54, 1.807) is 24.3 Å². The van der Waals surface area contributed by atoms with Crippen molar-refractivity contribution in [3.8, 4) is 0 Å². The van der Waals surface area contributed by atoms with Gasteiger partial charge in [0.1, 0.15) is 0 Å². The van der Waals surface area contributed by atoms with Crippen LogP contribution < -0.4 is 4.90 Å². The topological polar surface area (TPSA) is 57.6 Å². The average Bonchev–Trinajstić information content (AvgIpc) is 2.90. The summed E-state index contributed by atoms with van der Waals surface area (Å²) in [4.78, 5) is 28.4. The van der Waals surface area contributed by atoms with Gasteiger partial charge in [0.05, 0.1) is 18.7 Å². The van der Waals surface area contributed by atoms with E-state index in [9.17, 15) is 14.7 Å². The van der Waals surface area contributed by atoms with Crippen molar-refractivity contribution in [2.24, 2.45) is 0 Å². The van der Waals surface area contributed by atoms with Gasteiger partial charge in [-0.15, -0.1) is 0 Å². The van der Waals surface area contributed by atoms with E-state index in [0.29, 0.717) is 21.8 Å². The zero-order valence-corrected chi connectivity index (χ0v) is 20.4. The third-order valence-corrected chi connectivity index (χ3v) is 6.67. The van der Waals surface area contributed by atoms with E-state index in [1.165, 1.54) is 4.90 Å². The van der Waals surface area contributed by atoms with Gasteiger partial charge in [0.2, 0.25) is 0 Å². The SMILES string of the molecule is Cc1cc(C)c(C(=O)CC2(O)C(=O)N(Cc3ccc(Cl)cc3)c3ccc(Br)cc32)c(C)c1. The molecule has 1 aliphatic rings. The Morgan fingerprint density at radius 1 is 1.03 bits per heavy atom. The molecule has 0 saturated carbocycles. The maximum atomic E-state index is 13.5. The maximum absolute atomic E-state index is 13.5. The van der Waals surface area contributed by atoms with Crippen molar-refractivity contribution < 1.29 is 14.7 Å². The molecule has 164 valence electrons. The monoisotopic (exact) mass is 511 g/mol. The van der Waals surface area contributed by atoms with Gasteiger partial charge >= 0.3 is 0 Å². The Bertz CT molecular complexity index is 1220. The van der Waals surface area contributed by atoms with Gasteiger partial charge in [0.25, 0.3) is 5.91 Å². The van der Waals surface area contributed by atoms with Crippen LogP contribution in [0.15, 0.2) is 59.1 Å². The van der Waals surface area contributed by atoms with Crippen LogP contribution in [0.3, 0.4) is 0 Å². The van der Waals surface area contributed by atoms with Gasteiger partial charge in [-0.3, -0.25) is 9.59 Å². The molecular weight excluding hydrogens is 490 g/mol. The number of ketones is 1. The van der Waals surface area contributed by atoms with Crippen molar-refractivity contribution >= 4 is 44.9 Å². The Morgan fingerprint density at radius 2 is 1.66 bits per heavy atom. The minimum Gasteiger partial charge on any atom is -0.375 e. The average molecular weight is 513 g/mol. The Labute approximate surface area is 201 Å². The highest BCUT2D eigenvalue weighted by molar-refractivity contribution is 9.10. The zero-order chi connectivity index (χ0) is 23.2. The molecule has 1 amide bonds. The fourth-order valence-electron chi connectivity index (χ4n) is 4.56. The van der Waals surface area contributed by atoms with Crippen LogP contribution in [0.1, 0.15) is 44.6 Å². The number of hydrogen-bond donors (Lipinski definition) is 1. The molecular formula is C26H23BrClNO3. The molecule has 32 heavy (non-hydrogen) atoms. The van der Waals surface area contributed by atoms with E-state index in [0.717, 1.165) is 26.7 Å². The predicted octanol–water partition coefficient (Wildman–Crippen LogP) is 6.04. The van der Waals surface area contributed by atoms with Crippen LogP contribution in [-0.2, 0) is 16.9 Å². The molecule has 1 atom stereocenters. The standard InChI is InChI=1S/C26H23BrClNO3/c1-15-10-16(2)24(17(3)11-15)23(30)13-26(32)21-12-19(27)6-9-22(21)29(25(26)31)14-18-4-7-20(28)8-5-18/h4-12,32H,13-14H2,1-3H3. The lowest BCUT2D eigenvalue weighted by Gasteiger charge is -2.23. The molecule has 1 N–H and O–H groups in total. The van der Waals surface area contributed by atoms with Crippen LogP contribution in [-0.4, -0.2) is 16.8 Å². The molecule has 3 aromatic rings. The minimum atomic E-state index is -1.94. The van der Waals surface area contributed by atoms with E-state index >= 15 is 0 Å². The number of carbonyl (C=O) groups excluding carboxylic acids is 2. The third kappa shape index (κ3) is 4.01. The molecule has 0 fully saturated rings. The number of rotatable bonds is 5. The quantitative estimate of drug-likeness (QED) is 0.424. The number of aliphatic hydroxyl groups is 1. The number of fused-ring (bicyclic) bond motifs is 1. The summed E-state index contributed by atoms with van der Waals surface area (Å²) in [7, 11) is 0. The molecule has 1 aliphatic heterocycles. The number of hydrogen-bond acceptors (Lipinski definition) is 3. The smallest absolute Gasteiger partial charge is 0.264 e. The lowest BCUT2D eigenvalue weighted by Crippen LogP contribution is -2.41. The molecule has 0 saturated heterocycles. The van der Waals surface area contributed by atoms with Gasteiger partial charge in [0, 0.05) is 20.6 Å². The highest BCUT2D eigenvalue weighted by atomic mass is 79.9. The van der Waals surface area contributed by atoms with Crippen LogP contribution >= 0.6 is 27.5 Å². The second kappa shape index (κ2) is 8.47. The molecule has 6 heteroatoms. The summed E-state index contributed by atoms with van der Waals surface area (Å²) in [5.74, 6) is -0.758. The van der Waals surface area contributed by atoms with Gasteiger partial charge in [-0.1, -0.05) is 57.4 Å². The molecule has 0 spiro atoms. The largest absolute Gasteiger partial charge is 0.375 e. The molecule has 1 unspecified atom stereocenters. The first kappa shape index (κ1) is 22.7. The number of halogens is 2. The first-order chi connectivity index (χ1) is 15.1. The fraction of sp³-hybridized carbons (Fsp3) is 0.231. The number of benzene rings is 3. The summed E-state index contributed by atoms with van der Waals surface area (Å²) in [6, 6.07) is 16.4. The second-order valence-electron chi connectivity index (χ2n) is 8.41. The van der Waals surface area contributed by atoms with Crippen molar-refractivity contribution in [1.82, 2.24) is 0 Å². The summed E-state index contributed by atoms with van der Waals surface area (Å²) < 4.78 is 0.728. The number of nitrogens with zero attached hydrogens (tertiary/aromatic N) is 1. The predicted molar refractivity (Wildman–Crippen MR) is 130 cm³/mol. The molecule has 4 rings (SSSR count). The summed E-state index contributed by atoms with van der Waals surface area (Å²) >= 11 is 9.42. The summed E-state index contributed by atoms with van der Waals surface area (Å²) in [6.07, 6.45) is -0.322. The normalized spacial score (nSPS) is 17.6. The molecule has 4 nitrogen and oxygen atoms in total. The van der Waals surface area contributed by atoms with E-state index in [-0.39, 0.29) is 18.7 Å². The molecule has 0 aliphatic carbocycles. The minimum absolute atomic E-state index is 0.255. The fourth-order valence-corrected chi connectivity index (χ4v) is 5.05. The Kier molecular flexibility index (Phi) is 6.01. The second-order valence-corrected chi connectivity index (χ2v) is 9.77. The number of Topliss-reactive ketones (excluding diaryl/α,β-unsaturated/α-hetero) is 1. The summed E-state index contributed by atoms with van der Waals surface area (Å²) in [5.41, 5.74) is 3.27. The van der Waals surface area contributed by atoms with Crippen molar-refractivity contribution in [3.63, 3.8) is 0 Å². The van der Waals surface area contributed by atoms with Gasteiger partial charge in [0.15, 0.2) is 11.4 Å². The summed E-state index contributed by atoms with van der Waals surface area (Å²) in [5, 5.41) is 12.3. The molecule has 0 aromatic heterocycles. The van der Waals surface area contributed by atoms with Crippen molar-refractivity contribution in [2.75, 3.05) is 4.90 Å². The van der Waals surface area contributed by atoms with E-state index < -0.39 is 11.5 Å². The molecule has 3 aromatic carbocycles. The van der Waals surface area contributed by atoms with Gasteiger partial charge in [-0.25, -0.2) is 0 Å². The van der Waals surface area contributed by atoms with Gasteiger partial charge in [-0.2, -0.15) is 0 Å². The van der Waals surface area contributed by atoms with E-state index in [1.807, 2.05) is 51.1 Å². The van der Waals surface area contributed by atoms with Gasteiger partial charge < -0.3 is 10.0 Å². The first-order valence-corrected chi connectivity index (χ1v) is 11.5. The first-order valence-electron chi connectivity index (χ1n) is 10.3. The number of aryl methyl sites for hydroxylation is 3. The van der Waals surface area contributed by atoms with Crippen LogP contribution in [0.2, 0.25) is 5.02 Å². The van der Waals surface area contributed by atoms with Crippen molar-refractivity contribution in [3.05, 3.63) is 97.5 Å². The summed E-state index contributed by atoms with van der Waals surface area (Å²) in [6.45, 7) is 6.00. The lowest BCUT2D eigenvalue weighted by molar-refractivity contribution is -0.136. The van der Waals surface area contributed by atoms with E-state index in [2.05, 4.69) is 15.9 Å². The van der Waals surface area contributed by atoms with E-state index in [4.69, 9.17) is 11.6 Å². The third-order valence-electron chi connectivity index (χ3n) is 5.92. The Balaban J connectivity index is 1.73. The van der Waals surface area contributed by atoms with Crippen LogP contribution in [0.5, 0.6) is 0 Å². The highest BCUT2D eigenvalue weighted by Crippen LogP contribution is 2.45. The van der Waals surface area contributed by atoms with Crippen molar-refractivity contribution in [2.45, 2.75) is 39.3 Å². The highest BCUT2D eigenvalue weighted by Gasteiger charge is 2.51. The maximum Gasteiger partial charge on any atom is 0.264 e. The Hall–Kier alpha value is -2.47. The molecule has 0 radical (unpaired) electrons. The number of anilines is 1. The zero-order valence-electron chi connectivity index (χ0n) is 18.1. The van der Waals surface area contributed by atoms with Gasteiger partial charge in [-0.05, 0) is 67.8 Å². The Morgan fingerprint density at radius 3 is 2.28 bits per heavy atom. The molecule has 1 heterocycles. The lowest BCUT2D eigenvalue weighted by atomic mass is 9.85. The number of carbonyl (C=O) groups is 2. The van der Waals surface area contributed by atoms with Crippen LogP contribution in [0, 0.1) is 20.8 Å².